The molecule has 0 heterocycles. The molecule has 0 fully saturated rings. The zero-order valence-electron chi connectivity index (χ0n) is 14.4. The molecule has 0 aromatic heterocycles. The first-order chi connectivity index (χ1) is 12.9. The van der Waals surface area contributed by atoms with Crippen LogP contribution in [0.15, 0.2) is 48.6 Å². The van der Waals surface area contributed by atoms with E-state index in [2.05, 4.69) is 48.6 Å². The summed E-state index contributed by atoms with van der Waals surface area (Å²) in [6.07, 6.45) is 11.3. The van der Waals surface area contributed by atoms with E-state index < -0.39 is 0 Å². The maximum absolute atomic E-state index is 2.53. The van der Waals surface area contributed by atoms with E-state index in [4.69, 9.17) is 0 Å². The molecule has 0 atom stereocenters. The molecular weight excluding hydrogens is 312 g/mol. The van der Waals surface area contributed by atoms with Crippen LogP contribution in [-0.2, 0) is 19.3 Å². The van der Waals surface area contributed by atoms with Gasteiger partial charge in [-0.3, -0.25) is 0 Å². The normalized spacial score (nSPS) is 17.5. The predicted molar refractivity (Wildman–Crippen MR) is 109 cm³/mol. The number of rotatable bonds is 1. The molecule has 0 saturated heterocycles. The highest BCUT2D eigenvalue weighted by Gasteiger charge is 2.32. The molecule has 0 amide bonds. The van der Waals surface area contributed by atoms with Crippen LogP contribution >= 0.6 is 0 Å². The molecular formula is C26H16. The number of allylic oxidation sites excluding steroid dienone is 4. The molecule has 8 rings (SSSR count). The van der Waals surface area contributed by atoms with E-state index in [-0.39, 0.29) is 0 Å². The summed E-state index contributed by atoms with van der Waals surface area (Å²) >= 11 is 0. The molecule has 0 heteroatoms. The van der Waals surface area contributed by atoms with Crippen molar-refractivity contribution in [3.63, 3.8) is 0 Å². The van der Waals surface area contributed by atoms with Crippen LogP contribution in [0.25, 0.3) is 37.9 Å². The van der Waals surface area contributed by atoms with Gasteiger partial charge in [0.15, 0.2) is 0 Å². The topological polar surface area (TPSA) is 0 Å². The zero-order chi connectivity index (χ0) is 16.6. The Hall–Kier alpha value is -2.86. The first-order valence-electron chi connectivity index (χ1n) is 9.74. The van der Waals surface area contributed by atoms with Crippen molar-refractivity contribution in [2.45, 2.75) is 25.7 Å². The van der Waals surface area contributed by atoms with E-state index in [9.17, 15) is 0 Å². The average Bonchev–Trinajstić information content (AvgIpc) is 3.41. The van der Waals surface area contributed by atoms with Crippen LogP contribution in [0.4, 0.5) is 0 Å². The third kappa shape index (κ3) is 1.16. The van der Waals surface area contributed by atoms with Gasteiger partial charge in [0, 0.05) is 0 Å². The molecule has 4 aromatic carbocycles. The first kappa shape index (κ1) is 12.5. The van der Waals surface area contributed by atoms with Crippen LogP contribution in [0.1, 0.15) is 45.4 Å². The second-order valence-electron chi connectivity index (χ2n) is 8.43. The Labute approximate surface area is 151 Å². The minimum Gasteiger partial charge on any atom is -0.0801 e. The Kier molecular flexibility index (Phi) is 1.82. The highest BCUT2D eigenvalue weighted by atomic mass is 14.4. The highest BCUT2D eigenvalue weighted by Crippen LogP contribution is 2.54. The lowest BCUT2D eigenvalue weighted by Crippen LogP contribution is -1.94. The number of hydrogen-bond donors (Lipinski definition) is 0. The number of benzene rings is 4. The van der Waals surface area contributed by atoms with Gasteiger partial charge < -0.3 is 0 Å². The molecule has 0 radical (unpaired) electrons. The summed E-state index contributed by atoms with van der Waals surface area (Å²) in [6, 6.07) is 12.2. The summed E-state index contributed by atoms with van der Waals surface area (Å²) in [7, 11) is 0. The van der Waals surface area contributed by atoms with Gasteiger partial charge in [-0.05, 0) is 103 Å². The minimum atomic E-state index is 1.09. The molecule has 0 aliphatic heterocycles. The molecule has 120 valence electrons. The predicted octanol–water partition coefficient (Wildman–Crippen LogP) is 6.20. The van der Waals surface area contributed by atoms with Gasteiger partial charge in [0.05, 0.1) is 0 Å². The third-order valence-corrected chi connectivity index (χ3v) is 7.27. The molecule has 26 heavy (non-hydrogen) atoms. The lowest BCUT2D eigenvalue weighted by atomic mass is 9.90. The van der Waals surface area contributed by atoms with Crippen molar-refractivity contribution in [2.75, 3.05) is 0 Å². The van der Waals surface area contributed by atoms with Gasteiger partial charge in [-0.25, -0.2) is 0 Å². The van der Waals surface area contributed by atoms with Gasteiger partial charge in [0.1, 0.15) is 0 Å². The lowest BCUT2D eigenvalue weighted by molar-refractivity contribution is 1.22. The van der Waals surface area contributed by atoms with E-state index in [0.717, 1.165) is 25.7 Å². The zero-order valence-corrected chi connectivity index (χ0v) is 14.4. The largest absolute Gasteiger partial charge is 0.0801 e. The molecule has 0 unspecified atom stereocenters. The number of hydrogen-bond acceptors (Lipinski definition) is 0. The quantitative estimate of drug-likeness (QED) is 0.315. The van der Waals surface area contributed by atoms with Crippen molar-refractivity contribution in [1.29, 1.82) is 0 Å². The van der Waals surface area contributed by atoms with Gasteiger partial charge >= 0.3 is 0 Å². The Balaban J connectivity index is 1.71. The highest BCUT2D eigenvalue weighted by molar-refractivity contribution is 6.33. The van der Waals surface area contributed by atoms with Crippen molar-refractivity contribution in [3.05, 3.63) is 87.5 Å². The van der Waals surface area contributed by atoms with E-state index in [1.807, 2.05) is 0 Å². The van der Waals surface area contributed by atoms with Crippen molar-refractivity contribution >= 4 is 37.9 Å². The van der Waals surface area contributed by atoms with Crippen LogP contribution in [0.2, 0.25) is 0 Å². The monoisotopic (exact) mass is 328 g/mol. The fraction of sp³-hybridized carbons (Fsp3) is 0.154. The van der Waals surface area contributed by atoms with Crippen molar-refractivity contribution in [1.82, 2.24) is 0 Å². The van der Waals surface area contributed by atoms with Crippen molar-refractivity contribution < 1.29 is 0 Å². The fourth-order valence-corrected chi connectivity index (χ4v) is 6.31. The average molecular weight is 328 g/mol. The summed E-state index contributed by atoms with van der Waals surface area (Å²) in [5.41, 5.74) is 12.4. The Morgan fingerprint density at radius 3 is 1.81 bits per heavy atom. The summed E-state index contributed by atoms with van der Waals surface area (Å²) in [5.74, 6) is 0. The van der Waals surface area contributed by atoms with Crippen LogP contribution in [0.5, 0.6) is 0 Å². The van der Waals surface area contributed by atoms with Gasteiger partial charge in [0.25, 0.3) is 0 Å². The van der Waals surface area contributed by atoms with E-state index in [1.54, 1.807) is 65.7 Å². The lowest BCUT2D eigenvalue weighted by Gasteiger charge is -2.13. The fourth-order valence-electron chi connectivity index (χ4n) is 6.31. The molecule has 0 saturated carbocycles. The Morgan fingerprint density at radius 2 is 1.15 bits per heavy atom. The standard InChI is InChI=1S/C26H16/c1-2-4-13(3-1)19-12-18-10-16-6-5-14-9-15-7-8-17-11-20(19)26-24(17)22(15)21(14)23(16)25(18)26/h1-3,5-8,12H,4,9-11H2. The molecule has 4 aliphatic rings. The molecule has 0 N–H and O–H groups in total. The smallest absolute Gasteiger partial charge is 0.000694 e. The second kappa shape index (κ2) is 3.78. The van der Waals surface area contributed by atoms with E-state index in [1.165, 1.54) is 11.1 Å². The van der Waals surface area contributed by atoms with E-state index >= 15 is 0 Å². The van der Waals surface area contributed by atoms with Crippen molar-refractivity contribution in [3.8, 4) is 0 Å². The second-order valence-corrected chi connectivity index (χ2v) is 8.43. The molecule has 4 aromatic rings. The summed E-state index contributed by atoms with van der Waals surface area (Å²) < 4.78 is 0. The van der Waals surface area contributed by atoms with Gasteiger partial charge in [-0.2, -0.15) is 0 Å². The molecule has 0 bridgehead atoms. The maximum Gasteiger partial charge on any atom is -0.000694 e. The van der Waals surface area contributed by atoms with Gasteiger partial charge in [-0.15, -0.1) is 0 Å². The summed E-state index contributed by atoms with van der Waals surface area (Å²) in [6.45, 7) is 0. The SMILES string of the molecule is C1=CCC(c2cc3c4c5c(ccc6c5c5c(ccc7c5c4c2C7)C6)C3)=C1. The molecule has 0 nitrogen and oxygen atoms in total. The third-order valence-electron chi connectivity index (χ3n) is 7.27. The minimum absolute atomic E-state index is 1.09. The van der Waals surface area contributed by atoms with Gasteiger partial charge in [0.2, 0.25) is 0 Å². The summed E-state index contributed by atoms with van der Waals surface area (Å²) in [4.78, 5) is 0. The Morgan fingerprint density at radius 1 is 0.577 bits per heavy atom. The van der Waals surface area contributed by atoms with Crippen LogP contribution < -0.4 is 0 Å². The van der Waals surface area contributed by atoms with Crippen LogP contribution in [-0.4, -0.2) is 0 Å². The molecule has 4 aliphatic carbocycles. The van der Waals surface area contributed by atoms with Gasteiger partial charge in [-0.1, -0.05) is 48.6 Å². The van der Waals surface area contributed by atoms with Crippen LogP contribution in [0.3, 0.4) is 0 Å². The molecule has 0 spiro atoms. The maximum atomic E-state index is 2.53. The van der Waals surface area contributed by atoms with E-state index in [0.29, 0.717) is 0 Å². The van der Waals surface area contributed by atoms with Crippen molar-refractivity contribution in [2.24, 2.45) is 0 Å². The Bertz CT molecular complexity index is 1420. The van der Waals surface area contributed by atoms with Crippen LogP contribution in [0, 0.1) is 0 Å². The first-order valence-corrected chi connectivity index (χ1v) is 9.74. The summed E-state index contributed by atoms with van der Waals surface area (Å²) in [5, 5.41) is 9.54.